The normalized spacial score (nSPS) is 16.8. The lowest BCUT2D eigenvalue weighted by atomic mass is 9.96. The Kier molecular flexibility index (Phi) is 5.30. The fourth-order valence-electron chi connectivity index (χ4n) is 4.36. The molecule has 3 aromatic carbocycles. The molecule has 2 heterocycles. The maximum atomic E-state index is 6.18. The molecule has 5 nitrogen and oxygen atoms in total. The minimum atomic E-state index is 0.0364. The van der Waals surface area contributed by atoms with E-state index in [2.05, 4.69) is 64.1 Å². The first kappa shape index (κ1) is 19.0. The van der Waals surface area contributed by atoms with Crippen molar-refractivity contribution in [2.45, 2.75) is 25.6 Å². The van der Waals surface area contributed by atoms with Crippen LogP contribution in [0.4, 0.5) is 0 Å². The highest BCUT2D eigenvalue weighted by Gasteiger charge is 2.34. The molecule has 150 valence electrons. The Morgan fingerprint density at radius 3 is 2.43 bits per heavy atom. The summed E-state index contributed by atoms with van der Waals surface area (Å²) in [7, 11) is 0. The molecule has 30 heavy (non-hydrogen) atoms. The first-order valence-corrected chi connectivity index (χ1v) is 10.6. The smallest absolute Gasteiger partial charge is 0.214 e. The summed E-state index contributed by atoms with van der Waals surface area (Å²) >= 11 is 6.18. The maximum absolute atomic E-state index is 6.18. The highest BCUT2D eigenvalue weighted by molar-refractivity contribution is 6.30. The molecule has 1 aromatic heterocycles. The van der Waals surface area contributed by atoms with Crippen LogP contribution in [0, 0.1) is 0 Å². The van der Waals surface area contributed by atoms with Gasteiger partial charge in [0.1, 0.15) is 6.54 Å². The van der Waals surface area contributed by atoms with Crippen molar-refractivity contribution in [2.75, 3.05) is 6.54 Å². The zero-order valence-electron chi connectivity index (χ0n) is 16.6. The van der Waals surface area contributed by atoms with Crippen molar-refractivity contribution in [3.05, 3.63) is 112 Å². The number of hydrogen-bond acceptors (Lipinski definition) is 3. The van der Waals surface area contributed by atoms with Gasteiger partial charge < -0.3 is 4.90 Å². The van der Waals surface area contributed by atoms with Crippen LogP contribution in [0.15, 0.2) is 78.9 Å². The van der Waals surface area contributed by atoms with E-state index in [0.29, 0.717) is 6.54 Å². The molecule has 6 heteroatoms. The number of halogens is 1. The van der Waals surface area contributed by atoms with Gasteiger partial charge in [0.15, 0.2) is 6.04 Å². The van der Waals surface area contributed by atoms with Crippen LogP contribution in [0.3, 0.4) is 0 Å². The summed E-state index contributed by atoms with van der Waals surface area (Å²) in [6.45, 7) is 2.63. The topological polar surface area (TPSA) is 48.0 Å². The molecular weight excluding hydrogens is 394 g/mol. The Morgan fingerprint density at radius 1 is 0.900 bits per heavy atom. The van der Waals surface area contributed by atoms with Gasteiger partial charge in [-0.3, -0.25) is 0 Å². The highest BCUT2D eigenvalue weighted by atomic mass is 35.5. The van der Waals surface area contributed by atoms with E-state index in [0.717, 1.165) is 30.4 Å². The number of nitrogens with zero attached hydrogens (tertiary/aromatic N) is 4. The summed E-state index contributed by atoms with van der Waals surface area (Å²) in [5.41, 5.74) is 5.21. The summed E-state index contributed by atoms with van der Waals surface area (Å²) < 4.78 is 1.93. The lowest BCUT2D eigenvalue weighted by molar-refractivity contribution is -0.941. The average Bonchev–Trinajstić information content (AvgIpc) is 3.23. The van der Waals surface area contributed by atoms with E-state index < -0.39 is 0 Å². The van der Waals surface area contributed by atoms with Gasteiger partial charge in [0, 0.05) is 22.6 Å². The maximum Gasteiger partial charge on any atom is 0.214 e. The number of rotatable bonds is 5. The minimum absolute atomic E-state index is 0.0364. The highest BCUT2D eigenvalue weighted by Crippen LogP contribution is 2.22. The van der Waals surface area contributed by atoms with Crippen molar-refractivity contribution >= 4 is 11.6 Å². The molecule has 0 bridgehead atoms. The zero-order valence-corrected chi connectivity index (χ0v) is 17.3. The third kappa shape index (κ3) is 3.86. The Labute approximate surface area is 180 Å². The van der Waals surface area contributed by atoms with E-state index in [-0.39, 0.29) is 6.04 Å². The number of nitrogens with one attached hydrogen (secondary N) is 1. The fraction of sp³-hybridized carbons (Fsp3) is 0.208. The van der Waals surface area contributed by atoms with Crippen LogP contribution in [0.25, 0.3) is 0 Å². The Morgan fingerprint density at radius 2 is 1.63 bits per heavy atom. The van der Waals surface area contributed by atoms with Gasteiger partial charge in [-0.05, 0) is 33.7 Å². The molecule has 1 N–H and O–H groups in total. The molecule has 1 aliphatic rings. The van der Waals surface area contributed by atoms with Crippen molar-refractivity contribution in [1.82, 2.24) is 20.2 Å². The fourth-order valence-corrected chi connectivity index (χ4v) is 4.48. The van der Waals surface area contributed by atoms with Gasteiger partial charge in [-0.2, -0.15) is 0 Å². The van der Waals surface area contributed by atoms with Gasteiger partial charge >= 0.3 is 0 Å². The molecule has 0 saturated carbocycles. The first-order chi connectivity index (χ1) is 14.8. The summed E-state index contributed by atoms with van der Waals surface area (Å²) in [6.07, 6.45) is 1.05. The minimum Gasteiger partial charge on any atom is -0.318 e. The molecule has 0 fully saturated rings. The third-order valence-electron chi connectivity index (χ3n) is 5.86. The van der Waals surface area contributed by atoms with Crippen LogP contribution in [0.1, 0.15) is 34.1 Å². The van der Waals surface area contributed by atoms with Gasteiger partial charge in [0.2, 0.25) is 5.82 Å². The van der Waals surface area contributed by atoms with Crippen LogP contribution < -0.4 is 4.90 Å². The first-order valence-electron chi connectivity index (χ1n) is 10.2. The van der Waals surface area contributed by atoms with E-state index in [9.17, 15) is 0 Å². The van der Waals surface area contributed by atoms with E-state index in [4.69, 9.17) is 11.6 Å². The molecule has 0 radical (unpaired) electrons. The van der Waals surface area contributed by atoms with Crippen LogP contribution in [0.5, 0.6) is 0 Å². The predicted octanol–water partition coefficient (Wildman–Crippen LogP) is 3.11. The van der Waals surface area contributed by atoms with Crippen LogP contribution in [0.2, 0.25) is 5.02 Å². The van der Waals surface area contributed by atoms with E-state index in [1.54, 1.807) is 0 Å². The molecule has 1 unspecified atom stereocenters. The van der Waals surface area contributed by atoms with Crippen LogP contribution in [-0.4, -0.2) is 26.8 Å². The zero-order chi connectivity index (χ0) is 20.3. The summed E-state index contributed by atoms with van der Waals surface area (Å²) in [5.74, 6) is 0.885. The van der Waals surface area contributed by atoms with Crippen molar-refractivity contribution in [1.29, 1.82) is 0 Å². The van der Waals surface area contributed by atoms with Gasteiger partial charge in [-0.25, -0.2) is 4.68 Å². The lowest BCUT2D eigenvalue weighted by Crippen LogP contribution is -3.12. The molecule has 1 aliphatic heterocycles. The molecule has 5 rings (SSSR count). The number of fused-ring (bicyclic) bond motifs is 1. The lowest BCUT2D eigenvalue weighted by Gasteiger charge is -2.32. The van der Waals surface area contributed by atoms with Crippen molar-refractivity contribution in [3.63, 3.8) is 0 Å². The monoisotopic (exact) mass is 416 g/mol. The predicted molar refractivity (Wildman–Crippen MR) is 116 cm³/mol. The number of quaternary nitrogens is 1. The van der Waals surface area contributed by atoms with Gasteiger partial charge in [0.05, 0.1) is 13.1 Å². The van der Waals surface area contributed by atoms with Crippen molar-refractivity contribution in [2.24, 2.45) is 0 Å². The number of hydrogen-bond donors (Lipinski definition) is 1. The molecule has 4 aromatic rings. The third-order valence-corrected chi connectivity index (χ3v) is 6.11. The second kappa shape index (κ2) is 8.38. The molecule has 2 atom stereocenters. The Hall–Kier alpha value is -3.02. The summed E-state index contributed by atoms with van der Waals surface area (Å²) in [5, 5.41) is 13.6. The van der Waals surface area contributed by atoms with Crippen molar-refractivity contribution in [3.8, 4) is 0 Å². The molecule has 0 aliphatic carbocycles. The SMILES string of the molecule is Clc1ccc([C@H](c2nnnn2Cc2ccccc2)[NH+]2CCc3ccccc3C2)cc1. The van der Waals surface area contributed by atoms with Crippen molar-refractivity contribution < 1.29 is 4.90 Å². The molecule has 0 spiro atoms. The van der Waals surface area contributed by atoms with E-state index in [1.165, 1.54) is 27.2 Å². The van der Waals surface area contributed by atoms with Gasteiger partial charge in [-0.15, -0.1) is 5.10 Å². The van der Waals surface area contributed by atoms with E-state index >= 15 is 0 Å². The number of aromatic nitrogens is 4. The summed E-state index contributed by atoms with van der Waals surface area (Å²) in [4.78, 5) is 1.44. The van der Waals surface area contributed by atoms with E-state index in [1.807, 2.05) is 35.0 Å². The number of benzene rings is 3. The molecule has 0 saturated heterocycles. The number of tetrazole rings is 1. The average molecular weight is 417 g/mol. The quantitative estimate of drug-likeness (QED) is 0.544. The second-order valence-corrected chi connectivity index (χ2v) is 8.21. The van der Waals surface area contributed by atoms with Gasteiger partial charge in [0.25, 0.3) is 0 Å². The van der Waals surface area contributed by atoms with Crippen LogP contribution >= 0.6 is 11.6 Å². The Bertz CT molecular complexity index is 1120. The largest absolute Gasteiger partial charge is 0.318 e. The Balaban J connectivity index is 1.53. The summed E-state index contributed by atoms with van der Waals surface area (Å²) in [6, 6.07) is 27.2. The molecular formula is C24H23ClN5+. The second-order valence-electron chi connectivity index (χ2n) is 7.77. The van der Waals surface area contributed by atoms with Gasteiger partial charge in [-0.1, -0.05) is 78.3 Å². The van der Waals surface area contributed by atoms with Crippen LogP contribution in [-0.2, 0) is 19.5 Å². The molecule has 0 amide bonds. The standard InChI is InChI=1S/C24H22ClN5/c25-22-12-10-20(11-13-22)23(29-15-14-19-8-4-5-9-21(19)17-29)24-26-27-28-30(24)16-18-6-2-1-3-7-18/h1-13,23H,14-17H2/p+1/t23-/m1/s1.